The van der Waals surface area contributed by atoms with Gasteiger partial charge in [-0.15, -0.1) is 0 Å². The maximum Gasteiger partial charge on any atom is 0.316 e. The molecule has 2 aromatic carbocycles. The molecule has 3 fully saturated rings. The number of allylic oxidation sites excluding steroid dienone is 2. The molecule has 3 amide bonds. The van der Waals surface area contributed by atoms with Crippen molar-refractivity contribution in [2.45, 2.75) is 26.7 Å². The van der Waals surface area contributed by atoms with E-state index in [9.17, 15) is 19.2 Å². The molecule has 2 bridgehead atoms. The maximum absolute atomic E-state index is 13.1. The van der Waals surface area contributed by atoms with Crippen LogP contribution in [0.15, 0.2) is 54.6 Å². The quantitative estimate of drug-likeness (QED) is 0.295. The molecule has 2 aliphatic carbocycles. The predicted octanol–water partition coefficient (Wildman–Crippen LogP) is 3.57. The Balaban J connectivity index is 1.16. The van der Waals surface area contributed by atoms with Gasteiger partial charge in [0.05, 0.1) is 23.4 Å². The lowest BCUT2D eigenvalue weighted by Gasteiger charge is -2.20. The van der Waals surface area contributed by atoms with Gasteiger partial charge in [0.15, 0.2) is 0 Å². The Morgan fingerprint density at radius 1 is 0.943 bits per heavy atom. The summed E-state index contributed by atoms with van der Waals surface area (Å²) >= 11 is 0. The van der Waals surface area contributed by atoms with Gasteiger partial charge >= 0.3 is 5.97 Å². The zero-order chi connectivity index (χ0) is 24.4. The number of esters is 1. The molecular weight excluding hydrogens is 444 g/mol. The van der Waals surface area contributed by atoms with Crippen molar-refractivity contribution in [2.24, 2.45) is 29.6 Å². The van der Waals surface area contributed by atoms with Gasteiger partial charge in [0.2, 0.25) is 17.7 Å². The SMILES string of the molecule is Cc1cccc(N2C[C@@H](C(=O)Oc3ccc(N4C(=O)[C@@H]5[C@H](C4=O)[C@H]4C=C[C@H]5C4)c(C)c3)CC2=O)c1. The molecule has 0 N–H and O–H groups in total. The van der Waals surface area contributed by atoms with Crippen LogP contribution in [0.1, 0.15) is 24.0 Å². The Morgan fingerprint density at radius 2 is 1.66 bits per heavy atom. The van der Waals surface area contributed by atoms with E-state index in [-0.39, 0.29) is 54.4 Å². The Labute approximate surface area is 203 Å². The van der Waals surface area contributed by atoms with E-state index in [0.29, 0.717) is 17.0 Å². The van der Waals surface area contributed by atoms with Crippen molar-refractivity contribution in [1.29, 1.82) is 0 Å². The molecule has 7 nitrogen and oxygen atoms in total. The van der Waals surface area contributed by atoms with E-state index in [2.05, 4.69) is 12.2 Å². The molecule has 5 atom stereocenters. The Morgan fingerprint density at radius 3 is 2.31 bits per heavy atom. The Kier molecular flexibility index (Phi) is 4.91. The number of aryl methyl sites for hydroxylation is 2. The summed E-state index contributed by atoms with van der Waals surface area (Å²) in [6, 6.07) is 12.6. The summed E-state index contributed by atoms with van der Waals surface area (Å²) < 4.78 is 5.61. The second-order valence-corrected chi connectivity index (χ2v) is 10.1. The van der Waals surface area contributed by atoms with Gasteiger partial charge in [0, 0.05) is 18.7 Å². The minimum absolute atomic E-state index is 0.0970. The van der Waals surface area contributed by atoms with E-state index in [4.69, 9.17) is 4.74 Å². The normalized spacial score (nSPS) is 28.9. The first-order chi connectivity index (χ1) is 16.8. The summed E-state index contributed by atoms with van der Waals surface area (Å²) in [6.45, 7) is 4.03. The summed E-state index contributed by atoms with van der Waals surface area (Å²) in [5.41, 5.74) is 3.04. The molecular formula is C28H26N2O5. The van der Waals surface area contributed by atoms with Crippen LogP contribution in [0.25, 0.3) is 0 Å². The van der Waals surface area contributed by atoms with Crippen LogP contribution in [-0.4, -0.2) is 30.2 Å². The van der Waals surface area contributed by atoms with Crippen LogP contribution in [0.3, 0.4) is 0 Å². The van der Waals surface area contributed by atoms with Crippen molar-refractivity contribution in [3.63, 3.8) is 0 Å². The number of hydrogen-bond acceptors (Lipinski definition) is 5. The van der Waals surface area contributed by atoms with Crippen molar-refractivity contribution >= 4 is 35.1 Å². The number of carbonyl (C=O) groups excluding carboxylic acids is 4. The number of hydrogen-bond donors (Lipinski definition) is 0. The van der Waals surface area contributed by atoms with Crippen molar-refractivity contribution in [1.82, 2.24) is 0 Å². The standard InChI is InChI=1S/C28H26N2O5/c1-15-4-3-5-20(10-15)29-14-19(13-23(29)31)28(34)35-21-8-9-22(16(2)11-21)30-26(32)24-17-6-7-18(12-17)25(24)27(30)33/h3-11,17-19,24-25H,12-14H2,1-2H3/t17-,18-,19-,24-,25+/m0/s1. The fourth-order valence-electron chi connectivity index (χ4n) is 6.19. The second-order valence-electron chi connectivity index (χ2n) is 10.1. The first-order valence-corrected chi connectivity index (χ1v) is 12.1. The van der Waals surface area contributed by atoms with Crippen LogP contribution in [0, 0.1) is 43.4 Å². The third-order valence-corrected chi connectivity index (χ3v) is 7.87. The summed E-state index contributed by atoms with van der Waals surface area (Å²) in [5, 5.41) is 0. The lowest BCUT2D eigenvalue weighted by Crippen LogP contribution is -2.33. The number of benzene rings is 2. The van der Waals surface area contributed by atoms with Crippen LogP contribution in [-0.2, 0) is 19.2 Å². The minimum atomic E-state index is -0.563. The van der Waals surface area contributed by atoms with Gasteiger partial charge < -0.3 is 9.64 Å². The third kappa shape index (κ3) is 3.40. The van der Waals surface area contributed by atoms with Gasteiger partial charge in [-0.1, -0.05) is 24.3 Å². The average molecular weight is 471 g/mol. The zero-order valence-electron chi connectivity index (χ0n) is 19.6. The molecule has 2 heterocycles. The summed E-state index contributed by atoms with van der Waals surface area (Å²) in [7, 11) is 0. The highest BCUT2D eigenvalue weighted by Gasteiger charge is 2.59. The Hall–Kier alpha value is -3.74. The zero-order valence-corrected chi connectivity index (χ0v) is 19.6. The summed E-state index contributed by atoms with van der Waals surface area (Å²) in [4.78, 5) is 54.6. The van der Waals surface area contributed by atoms with E-state index >= 15 is 0 Å². The molecule has 0 radical (unpaired) electrons. The molecule has 7 heteroatoms. The second kappa shape index (κ2) is 7.90. The molecule has 35 heavy (non-hydrogen) atoms. The Bertz CT molecular complexity index is 1280. The highest BCUT2D eigenvalue weighted by molar-refractivity contribution is 6.23. The van der Waals surface area contributed by atoms with Crippen molar-refractivity contribution < 1.29 is 23.9 Å². The number of amides is 3. The van der Waals surface area contributed by atoms with Gasteiger partial charge in [-0.25, -0.2) is 4.90 Å². The predicted molar refractivity (Wildman–Crippen MR) is 129 cm³/mol. The molecule has 6 rings (SSSR count). The van der Waals surface area contributed by atoms with Crippen LogP contribution < -0.4 is 14.5 Å². The highest BCUT2D eigenvalue weighted by Crippen LogP contribution is 2.53. The minimum Gasteiger partial charge on any atom is -0.426 e. The lowest BCUT2D eigenvalue weighted by molar-refractivity contribution is -0.139. The molecule has 178 valence electrons. The monoisotopic (exact) mass is 470 g/mol. The third-order valence-electron chi connectivity index (χ3n) is 7.87. The average Bonchev–Trinajstić information content (AvgIpc) is 3.58. The number of anilines is 2. The molecule has 0 aromatic heterocycles. The van der Waals surface area contributed by atoms with Crippen molar-refractivity contribution in [2.75, 3.05) is 16.3 Å². The summed E-state index contributed by atoms with van der Waals surface area (Å²) in [6.07, 6.45) is 5.13. The molecule has 0 unspecified atom stereocenters. The van der Waals surface area contributed by atoms with Gasteiger partial charge in [0.25, 0.3) is 0 Å². The molecule has 4 aliphatic rings. The molecule has 1 saturated carbocycles. The number of fused-ring (bicyclic) bond motifs is 5. The van der Waals surface area contributed by atoms with Gasteiger partial charge in [-0.05, 0) is 73.6 Å². The number of carbonyl (C=O) groups is 4. The van der Waals surface area contributed by atoms with Gasteiger partial charge in [0.1, 0.15) is 5.75 Å². The lowest BCUT2D eigenvalue weighted by atomic mass is 9.85. The van der Waals surface area contributed by atoms with E-state index < -0.39 is 11.9 Å². The van der Waals surface area contributed by atoms with Crippen LogP contribution in [0.4, 0.5) is 11.4 Å². The highest BCUT2D eigenvalue weighted by atomic mass is 16.5. The van der Waals surface area contributed by atoms with E-state index in [0.717, 1.165) is 17.7 Å². The van der Waals surface area contributed by atoms with E-state index in [1.165, 1.54) is 4.90 Å². The van der Waals surface area contributed by atoms with Gasteiger partial charge in [-0.3, -0.25) is 19.2 Å². The fraction of sp³-hybridized carbons (Fsp3) is 0.357. The maximum atomic E-state index is 13.1. The first-order valence-electron chi connectivity index (χ1n) is 12.1. The van der Waals surface area contributed by atoms with E-state index in [1.54, 1.807) is 30.0 Å². The summed E-state index contributed by atoms with van der Waals surface area (Å²) in [5.74, 6) is -1.28. The van der Waals surface area contributed by atoms with Crippen molar-refractivity contribution in [3.8, 4) is 5.75 Å². The van der Waals surface area contributed by atoms with Crippen LogP contribution in [0.2, 0.25) is 0 Å². The topological polar surface area (TPSA) is 84.0 Å². The smallest absolute Gasteiger partial charge is 0.316 e. The fourth-order valence-corrected chi connectivity index (χ4v) is 6.19. The molecule has 2 saturated heterocycles. The first kappa shape index (κ1) is 21.8. The molecule has 2 aliphatic heterocycles. The molecule has 2 aromatic rings. The van der Waals surface area contributed by atoms with Gasteiger partial charge in [-0.2, -0.15) is 0 Å². The number of ether oxygens (including phenoxy) is 1. The number of nitrogens with zero attached hydrogens (tertiary/aromatic N) is 2. The number of imide groups is 1. The van der Waals surface area contributed by atoms with Crippen molar-refractivity contribution in [3.05, 3.63) is 65.7 Å². The largest absolute Gasteiger partial charge is 0.426 e. The molecule has 0 spiro atoms. The van der Waals surface area contributed by atoms with Crippen LogP contribution in [0.5, 0.6) is 5.75 Å². The van der Waals surface area contributed by atoms with Crippen LogP contribution >= 0.6 is 0 Å². The van der Waals surface area contributed by atoms with E-state index in [1.807, 2.05) is 31.2 Å². The number of rotatable bonds is 4.